The maximum Gasteiger partial charge on any atom is 0.144 e. The third kappa shape index (κ3) is 2.83. The van der Waals surface area contributed by atoms with E-state index in [1.165, 1.54) is 19.0 Å². The van der Waals surface area contributed by atoms with Gasteiger partial charge in [-0.1, -0.05) is 13.3 Å². The number of nitrogens with zero attached hydrogens (tertiary/aromatic N) is 1. The fourth-order valence-electron chi connectivity index (χ4n) is 3.02. The normalized spacial score (nSPS) is 29.2. The number of hydrogen-bond acceptors (Lipinski definition) is 2. The van der Waals surface area contributed by atoms with Crippen molar-refractivity contribution in [3.63, 3.8) is 0 Å². The van der Waals surface area contributed by atoms with Gasteiger partial charge in [0.15, 0.2) is 0 Å². The van der Waals surface area contributed by atoms with E-state index in [-0.39, 0.29) is 5.82 Å². The highest BCUT2D eigenvalue weighted by atomic mass is 19.1. The third-order valence-electron chi connectivity index (χ3n) is 3.93. The zero-order chi connectivity index (χ0) is 12.3. The fraction of sp³-hybridized carbons (Fsp3) is 0.643. The van der Waals surface area contributed by atoms with Crippen LogP contribution in [0.3, 0.4) is 0 Å². The summed E-state index contributed by atoms with van der Waals surface area (Å²) in [6, 6.07) is 1.85. The van der Waals surface area contributed by atoms with Gasteiger partial charge in [-0.05, 0) is 55.8 Å². The van der Waals surface area contributed by atoms with Gasteiger partial charge in [0.05, 0.1) is 6.20 Å². The van der Waals surface area contributed by atoms with Gasteiger partial charge >= 0.3 is 0 Å². The SMILES string of the molecule is CNCC1CCC(C)CC1c1ccncc1F. The molecule has 17 heavy (non-hydrogen) atoms. The van der Waals surface area contributed by atoms with Gasteiger partial charge in [-0.2, -0.15) is 0 Å². The van der Waals surface area contributed by atoms with Crippen molar-refractivity contribution in [1.82, 2.24) is 10.3 Å². The molecule has 3 heteroatoms. The van der Waals surface area contributed by atoms with Crippen LogP contribution >= 0.6 is 0 Å². The van der Waals surface area contributed by atoms with Crippen molar-refractivity contribution in [1.29, 1.82) is 0 Å². The number of hydrogen-bond donors (Lipinski definition) is 1. The molecule has 1 saturated carbocycles. The minimum Gasteiger partial charge on any atom is -0.319 e. The average molecular weight is 236 g/mol. The van der Waals surface area contributed by atoms with Gasteiger partial charge in [0.2, 0.25) is 0 Å². The largest absolute Gasteiger partial charge is 0.319 e. The molecule has 1 heterocycles. The number of nitrogens with one attached hydrogen (secondary N) is 1. The zero-order valence-electron chi connectivity index (χ0n) is 10.6. The van der Waals surface area contributed by atoms with E-state index >= 15 is 0 Å². The lowest BCUT2D eigenvalue weighted by atomic mass is 9.71. The highest BCUT2D eigenvalue weighted by Crippen LogP contribution is 2.40. The molecule has 0 bridgehead atoms. The average Bonchev–Trinajstić information content (AvgIpc) is 2.32. The second-order valence-electron chi connectivity index (χ2n) is 5.24. The summed E-state index contributed by atoms with van der Waals surface area (Å²) in [6.45, 7) is 3.24. The van der Waals surface area contributed by atoms with Crippen molar-refractivity contribution in [3.8, 4) is 0 Å². The van der Waals surface area contributed by atoms with E-state index in [1.54, 1.807) is 6.20 Å². The fourth-order valence-corrected chi connectivity index (χ4v) is 3.02. The van der Waals surface area contributed by atoms with E-state index in [2.05, 4.69) is 17.2 Å². The van der Waals surface area contributed by atoms with E-state index in [9.17, 15) is 4.39 Å². The summed E-state index contributed by atoms with van der Waals surface area (Å²) in [6.07, 6.45) is 6.58. The van der Waals surface area contributed by atoms with Gasteiger partial charge in [0, 0.05) is 6.20 Å². The van der Waals surface area contributed by atoms with Crippen LogP contribution in [0.25, 0.3) is 0 Å². The molecule has 1 aromatic heterocycles. The van der Waals surface area contributed by atoms with E-state index < -0.39 is 0 Å². The minimum absolute atomic E-state index is 0.146. The molecule has 0 aromatic carbocycles. The molecule has 3 atom stereocenters. The molecular formula is C14H21FN2. The maximum absolute atomic E-state index is 13.8. The quantitative estimate of drug-likeness (QED) is 0.872. The lowest BCUT2D eigenvalue weighted by Crippen LogP contribution is -2.30. The number of rotatable bonds is 3. The van der Waals surface area contributed by atoms with Gasteiger partial charge in [0.25, 0.3) is 0 Å². The van der Waals surface area contributed by atoms with Crippen LogP contribution in [-0.4, -0.2) is 18.6 Å². The molecule has 0 saturated heterocycles. The zero-order valence-corrected chi connectivity index (χ0v) is 10.6. The summed E-state index contributed by atoms with van der Waals surface area (Å²) < 4.78 is 13.8. The first-order chi connectivity index (χ1) is 8.22. The van der Waals surface area contributed by atoms with Crippen LogP contribution in [-0.2, 0) is 0 Å². The highest BCUT2D eigenvalue weighted by Gasteiger charge is 2.30. The Bertz CT molecular complexity index is 367. The van der Waals surface area contributed by atoms with E-state index in [1.807, 2.05) is 13.1 Å². The van der Waals surface area contributed by atoms with Crippen LogP contribution in [0.4, 0.5) is 4.39 Å². The molecule has 1 aromatic rings. The Hall–Kier alpha value is -0.960. The van der Waals surface area contributed by atoms with Gasteiger partial charge in [-0.15, -0.1) is 0 Å². The van der Waals surface area contributed by atoms with Crippen molar-refractivity contribution >= 4 is 0 Å². The standard InChI is InChI=1S/C14H21FN2/c1-10-3-4-11(8-16-2)13(7-10)12-5-6-17-9-14(12)15/h5-6,9-11,13,16H,3-4,7-8H2,1-2H3. The monoisotopic (exact) mass is 236 g/mol. The topological polar surface area (TPSA) is 24.9 Å². The lowest BCUT2D eigenvalue weighted by Gasteiger charge is -2.35. The van der Waals surface area contributed by atoms with E-state index in [0.29, 0.717) is 17.8 Å². The van der Waals surface area contributed by atoms with Crippen LogP contribution < -0.4 is 5.32 Å². The second kappa shape index (κ2) is 5.58. The molecule has 3 unspecified atom stereocenters. The van der Waals surface area contributed by atoms with Crippen molar-refractivity contribution in [2.45, 2.75) is 32.1 Å². The molecule has 0 radical (unpaired) electrons. The van der Waals surface area contributed by atoms with E-state index in [4.69, 9.17) is 0 Å². The first kappa shape index (κ1) is 12.5. The van der Waals surface area contributed by atoms with Gasteiger partial charge in [-0.25, -0.2) is 4.39 Å². The van der Waals surface area contributed by atoms with Crippen LogP contribution in [0.1, 0.15) is 37.7 Å². The summed E-state index contributed by atoms with van der Waals surface area (Å²) in [7, 11) is 1.97. The van der Waals surface area contributed by atoms with Crippen molar-refractivity contribution in [2.75, 3.05) is 13.6 Å². The molecule has 1 aliphatic rings. The maximum atomic E-state index is 13.8. The van der Waals surface area contributed by atoms with Crippen molar-refractivity contribution in [2.24, 2.45) is 11.8 Å². The third-order valence-corrected chi connectivity index (χ3v) is 3.93. The molecule has 0 spiro atoms. The van der Waals surface area contributed by atoms with E-state index in [0.717, 1.165) is 18.5 Å². The predicted molar refractivity (Wildman–Crippen MR) is 67.4 cm³/mol. The molecular weight excluding hydrogens is 215 g/mol. The summed E-state index contributed by atoms with van der Waals surface area (Å²) >= 11 is 0. The molecule has 0 aliphatic heterocycles. The lowest BCUT2D eigenvalue weighted by molar-refractivity contribution is 0.241. The Morgan fingerprint density at radius 3 is 3.00 bits per heavy atom. The van der Waals surface area contributed by atoms with Crippen LogP contribution in [0.15, 0.2) is 18.5 Å². The number of aromatic nitrogens is 1. The number of pyridine rings is 1. The summed E-state index contributed by atoms with van der Waals surface area (Å²) in [5, 5.41) is 3.23. The molecule has 2 nitrogen and oxygen atoms in total. The summed E-state index contributed by atoms with van der Waals surface area (Å²) in [4.78, 5) is 3.84. The smallest absolute Gasteiger partial charge is 0.144 e. The predicted octanol–water partition coefficient (Wildman–Crippen LogP) is 2.96. The first-order valence-electron chi connectivity index (χ1n) is 6.46. The Morgan fingerprint density at radius 2 is 2.29 bits per heavy atom. The molecule has 94 valence electrons. The Labute approximate surface area is 103 Å². The first-order valence-corrected chi connectivity index (χ1v) is 6.46. The minimum atomic E-state index is -0.146. The van der Waals surface area contributed by atoms with Crippen LogP contribution in [0, 0.1) is 17.7 Å². The van der Waals surface area contributed by atoms with Crippen LogP contribution in [0.2, 0.25) is 0 Å². The summed E-state index contributed by atoms with van der Waals surface area (Å²) in [5.74, 6) is 1.44. The second-order valence-corrected chi connectivity index (χ2v) is 5.24. The molecule has 0 amide bonds. The Kier molecular flexibility index (Phi) is 4.11. The molecule has 2 rings (SSSR count). The Morgan fingerprint density at radius 1 is 1.47 bits per heavy atom. The van der Waals surface area contributed by atoms with Crippen LogP contribution in [0.5, 0.6) is 0 Å². The summed E-state index contributed by atoms with van der Waals surface area (Å²) in [5.41, 5.74) is 0.854. The molecule has 1 N–H and O–H groups in total. The van der Waals surface area contributed by atoms with Gasteiger partial charge in [0.1, 0.15) is 5.82 Å². The highest BCUT2D eigenvalue weighted by molar-refractivity contribution is 5.20. The Balaban J connectivity index is 2.22. The van der Waals surface area contributed by atoms with Gasteiger partial charge in [-0.3, -0.25) is 4.98 Å². The van der Waals surface area contributed by atoms with Gasteiger partial charge < -0.3 is 5.32 Å². The molecule has 1 fully saturated rings. The number of halogens is 1. The van der Waals surface area contributed by atoms with Crippen molar-refractivity contribution in [3.05, 3.63) is 29.8 Å². The molecule has 1 aliphatic carbocycles. The van der Waals surface area contributed by atoms with Crippen molar-refractivity contribution < 1.29 is 4.39 Å².